The minimum atomic E-state index is -0.144. The third kappa shape index (κ3) is 3.12. The topological polar surface area (TPSA) is 80.5 Å². The molecule has 0 aliphatic carbocycles. The maximum atomic E-state index is 12.5. The van der Waals surface area contributed by atoms with Crippen molar-refractivity contribution in [1.29, 1.82) is 0 Å². The van der Waals surface area contributed by atoms with E-state index in [1.165, 1.54) is 5.56 Å². The molecule has 154 valence electrons. The van der Waals surface area contributed by atoms with Gasteiger partial charge in [0.2, 0.25) is 5.95 Å². The Bertz CT molecular complexity index is 896. The maximum absolute atomic E-state index is 12.5. The molecule has 3 fully saturated rings. The second kappa shape index (κ2) is 7.13. The first-order chi connectivity index (χ1) is 14.1. The molecule has 0 saturated carbocycles. The van der Waals surface area contributed by atoms with Gasteiger partial charge in [-0.2, -0.15) is 0 Å². The molecule has 3 aliphatic heterocycles. The number of fused-ring (bicyclic) bond motifs is 1. The Morgan fingerprint density at radius 3 is 2.93 bits per heavy atom. The van der Waals surface area contributed by atoms with Crippen LogP contribution in [0.15, 0.2) is 29.1 Å². The normalized spacial score (nSPS) is 30.0. The Hall–Kier alpha value is -2.41. The Balaban J connectivity index is 1.27. The zero-order valence-corrected chi connectivity index (χ0v) is 17.1. The van der Waals surface area contributed by atoms with Crippen molar-refractivity contribution in [3.63, 3.8) is 0 Å². The molecule has 7 nitrogen and oxygen atoms in total. The van der Waals surface area contributed by atoms with Gasteiger partial charge in [-0.25, -0.2) is 9.97 Å². The average Bonchev–Trinajstić information content (AvgIpc) is 3.47. The predicted molar refractivity (Wildman–Crippen MR) is 108 cm³/mol. The van der Waals surface area contributed by atoms with E-state index in [1.54, 1.807) is 6.26 Å². The number of furan rings is 1. The monoisotopic (exact) mass is 396 g/mol. The number of carbonyl (C=O) groups is 1. The number of nitrogens with one attached hydrogen (secondary N) is 1. The number of ether oxygens (including phenoxy) is 1. The van der Waals surface area contributed by atoms with Gasteiger partial charge < -0.3 is 19.4 Å². The quantitative estimate of drug-likeness (QED) is 0.809. The molecular formula is C22H28N4O3. The van der Waals surface area contributed by atoms with Crippen molar-refractivity contribution in [2.45, 2.75) is 51.2 Å². The van der Waals surface area contributed by atoms with E-state index in [0.717, 1.165) is 50.3 Å². The average molecular weight is 396 g/mol. The van der Waals surface area contributed by atoms with Crippen LogP contribution in [0.4, 0.5) is 5.95 Å². The molecular weight excluding hydrogens is 368 g/mol. The number of rotatable bonds is 6. The standard InChI is InChI=1S/C22H28N4O3/c1-3-4-15-9-24-21(25-10-15)26-12-17-16(18-5-7-22(17,13-26)29-18)11-23-20(27)19-14(2)6-8-28-19/h6,8-10,16-18H,3-5,7,11-13H2,1-2H3,(H,23,27)/t16-,17+,18+,22+/m0/s1. The Morgan fingerprint density at radius 1 is 1.38 bits per heavy atom. The highest BCUT2D eigenvalue weighted by atomic mass is 16.5. The summed E-state index contributed by atoms with van der Waals surface area (Å²) in [5, 5.41) is 3.08. The number of anilines is 1. The van der Waals surface area contributed by atoms with Crippen molar-refractivity contribution >= 4 is 11.9 Å². The zero-order chi connectivity index (χ0) is 20.0. The van der Waals surface area contributed by atoms with E-state index in [4.69, 9.17) is 9.15 Å². The van der Waals surface area contributed by atoms with E-state index in [1.807, 2.05) is 25.4 Å². The Labute approximate surface area is 170 Å². The van der Waals surface area contributed by atoms with Gasteiger partial charge in [0, 0.05) is 42.9 Å². The summed E-state index contributed by atoms with van der Waals surface area (Å²) < 4.78 is 11.8. The van der Waals surface area contributed by atoms with Crippen LogP contribution in [0.5, 0.6) is 0 Å². The maximum Gasteiger partial charge on any atom is 0.287 e. The van der Waals surface area contributed by atoms with Crippen LogP contribution in [0.25, 0.3) is 0 Å². The molecule has 3 saturated heterocycles. The third-order valence-corrected chi connectivity index (χ3v) is 6.86. The molecule has 29 heavy (non-hydrogen) atoms. The minimum Gasteiger partial charge on any atom is -0.459 e. The first kappa shape index (κ1) is 18.6. The van der Waals surface area contributed by atoms with Crippen LogP contribution in [-0.4, -0.2) is 47.2 Å². The fourth-order valence-corrected chi connectivity index (χ4v) is 5.44. The van der Waals surface area contributed by atoms with E-state index < -0.39 is 0 Å². The highest BCUT2D eigenvalue weighted by molar-refractivity contribution is 5.92. The predicted octanol–water partition coefficient (Wildman–Crippen LogP) is 2.74. The fraction of sp³-hybridized carbons (Fsp3) is 0.591. The van der Waals surface area contributed by atoms with Crippen molar-refractivity contribution < 1.29 is 13.9 Å². The lowest BCUT2D eigenvalue weighted by Gasteiger charge is -2.29. The minimum absolute atomic E-state index is 0.119. The van der Waals surface area contributed by atoms with E-state index in [-0.39, 0.29) is 17.6 Å². The van der Waals surface area contributed by atoms with E-state index >= 15 is 0 Å². The van der Waals surface area contributed by atoms with Crippen LogP contribution in [0.3, 0.4) is 0 Å². The van der Waals surface area contributed by atoms with Gasteiger partial charge in [0.05, 0.1) is 24.5 Å². The summed E-state index contributed by atoms with van der Waals surface area (Å²) in [4.78, 5) is 23.9. The van der Waals surface area contributed by atoms with Gasteiger partial charge in [-0.3, -0.25) is 4.79 Å². The first-order valence-corrected chi connectivity index (χ1v) is 10.7. The molecule has 0 aromatic carbocycles. The SMILES string of the molecule is CCCc1cnc(N2C[C@@H]3[C@H](CNC(=O)c4occc4C)[C@H]4CC[C@]3(C2)O4)nc1. The van der Waals surface area contributed by atoms with Gasteiger partial charge in [-0.05, 0) is 37.8 Å². The lowest BCUT2D eigenvalue weighted by Crippen LogP contribution is -2.41. The third-order valence-electron chi connectivity index (χ3n) is 6.86. The van der Waals surface area contributed by atoms with Crippen molar-refractivity contribution in [3.8, 4) is 0 Å². The highest BCUT2D eigenvalue weighted by Crippen LogP contribution is 2.54. The number of aryl methyl sites for hydroxylation is 2. The number of nitrogens with zero attached hydrogens (tertiary/aromatic N) is 3. The van der Waals surface area contributed by atoms with Crippen LogP contribution >= 0.6 is 0 Å². The summed E-state index contributed by atoms with van der Waals surface area (Å²) in [5.74, 6) is 1.74. The van der Waals surface area contributed by atoms with E-state index in [0.29, 0.717) is 24.1 Å². The molecule has 5 rings (SSSR count). The fourth-order valence-electron chi connectivity index (χ4n) is 5.44. The molecule has 5 heterocycles. The van der Waals surface area contributed by atoms with Gasteiger partial charge in [0.15, 0.2) is 5.76 Å². The second-order valence-electron chi connectivity index (χ2n) is 8.69. The second-order valence-corrected chi connectivity index (χ2v) is 8.69. The number of aromatic nitrogens is 2. The van der Waals surface area contributed by atoms with E-state index in [9.17, 15) is 4.79 Å². The molecule has 3 aliphatic rings. The van der Waals surface area contributed by atoms with Gasteiger partial charge in [0.25, 0.3) is 5.91 Å². The molecule has 1 amide bonds. The molecule has 0 radical (unpaired) electrons. The Kier molecular flexibility index (Phi) is 4.57. The first-order valence-electron chi connectivity index (χ1n) is 10.7. The van der Waals surface area contributed by atoms with Crippen LogP contribution < -0.4 is 10.2 Å². The molecule has 7 heteroatoms. The van der Waals surface area contributed by atoms with Crippen molar-refractivity contribution in [3.05, 3.63) is 41.6 Å². The van der Waals surface area contributed by atoms with Gasteiger partial charge in [-0.15, -0.1) is 0 Å². The summed E-state index contributed by atoms with van der Waals surface area (Å²) in [6.45, 7) is 6.37. The summed E-state index contributed by atoms with van der Waals surface area (Å²) in [7, 11) is 0. The molecule has 4 atom stereocenters. The summed E-state index contributed by atoms with van der Waals surface area (Å²) in [6, 6.07) is 1.81. The summed E-state index contributed by atoms with van der Waals surface area (Å²) in [6.07, 6.45) is 9.91. The zero-order valence-electron chi connectivity index (χ0n) is 17.1. The molecule has 2 aromatic rings. The molecule has 2 aromatic heterocycles. The lowest BCUT2D eigenvalue weighted by molar-refractivity contribution is 0.0141. The van der Waals surface area contributed by atoms with Crippen LogP contribution in [0.2, 0.25) is 0 Å². The molecule has 2 bridgehead atoms. The van der Waals surface area contributed by atoms with Crippen molar-refractivity contribution in [2.24, 2.45) is 11.8 Å². The number of amides is 1. The number of hydrogen-bond donors (Lipinski definition) is 1. The van der Waals surface area contributed by atoms with Crippen molar-refractivity contribution in [2.75, 3.05) is 24.5 Å². The Morgan fingerprint density at radius 2 is 2.21 bits per heavy atom. The van der Waals surface area contributed by atoms with Crippen molar-refractivity contribution in [1.82, 2.24) is 15.3 Å². The molecule has 1 N–H and O–H groups in total. The molecule has 0 unspecified atom stereocenters. The van der Waals surface area contributed by atoms with Crippen LogP contribution in [0, 0.1) is 18.8 Å². The van der Waals surface area contributed by atoms with Crippen LogP contribution in [-0.2, 0) is 11.2 Å². The lowest BCUT2D eigenvalue weighted by atomic mass is 9.73. The van der Waals surface area contributed by atoms with Crippen LogP contribution in [0.1, 0.15) is 47.9 Å². The summed E-state index contributed by atoms with van der Waals surface area (Å²) >= 11 is 0. The molecule has 1 spiro atoms. The smallest absolute Gasteiger partial charge is 0.287 e. The van der Waals surface area contributed by atoms with E-state index in [2.05, 4.69) is 27.1 Å². The van der Waals surface area contributed by atoms with Gasteiger partial charge in [-0.1, -0.05) is 13.3 Å². The largest absolute Gasteiger partial charge is 0.459 e. The number of hydrogen-bond acceptors (Lipinski definition) is 6. The number of carbonyl (C=O) groups excluding carboxylic acids is 1. The van der Waals surface area contributed by atoms with Gasteiger partial charge in [0.1, 0.15) is 0 Å². The van der Waals surface area contributed by atoms with Gasteiger partial charge >= 0.3 is 0 Å². The summed E-state index contributed by atoms with van der Waals surface area (Å²) in [5.41, 5.74) is 1.92. The highest BCUT2D eigenvalue weighted by Gasteiger charge is 2.63.